The summed E-state index contributed by atoms with van der Waals surface area (Å²) in [5.74, 6) is 1.79. The van der Waals surface area contributed by atoms with Crippen LogP contribution < -0.4 is 0 Å². The highest BCUT2D eigenvalue weighted by molar-refractivity contribution is 7.99. The van der Waals surface area contributed by atoms with E-state index in [2.05, 4.69) is 4.90 Å². The fourth-order valence-electron chi connectivity index (χ4n) is 2.67. The molecule has 2 aliphatic heterocycles. The fraction of sp³-hybridized carbons (Fsp3) is 0.909. The zero-order valence-corrected chi connectivity index (χ0v) is 9.84. The Morgan fingerprint density at radius 2 is 1.93 bits per heavy atom. The monoisotopic (exact) mass is 229 g/mol. The van der Waals surface area contributed by atoms with Crippen LogP contribution in [-0.4, -0.2) is 46.1 Å². The number of piperidine rings is 1. The zero-order valence-electron chi connectivity index (χ0n) is 9.02. The van der Waals surface area contributed by atoms with E-state index in [9.17, 15) is 9.90 Å². The Labute approximate surface area is 95.2 Å². The first-order valence-corrected chi connectivity index (χ1v) is 7.01. The van der Waals surface area contributed by atoms with Gasteiger partial charge in [-0.2, -0.15) is 11.8 Å². The molecule has 2 heterocycles. The lowest BCUT2D eigenvalue weighted by Gasteiger charge is -2.40. The number of carboxylic acids is 1. The smallest absolute Gasteiger partial charge is 0.320 e. The van der Waals surface area contributed by atoms with Crippen LogP contribution in [0.2, 0.25) is 0 Å². The van der Waals surface area contributed by atoms with Crippen LogP contribution in [0.15, 0.2) is 0 Å². The molecule has 2 fully saturated rings. The summed E-state index contributed by atoms with van der Waals surface area (Å²) in [6.45, 7) is 0.992. The summed E-state index contributed by atoms with van der Waals surface area (Å²) in [4.78, 5) is 13.4. The van der Waals surface area contributed by atoms with Gasteiger partial charge in [0.2, 0.25) is 0 Å². The van der Waals surface area contributed by atoms with Crippen molar-refractivity contribution in [2.75, 3.05) is 18.1 Å². The van der Waals surface area contributed by atoms with Crippen LogP contribution >= 0.6 is 11.8 Å². The molecule has 0 radical (unpaired) electrons. The Morgan fingerprint density at radius 3 is 2.60 bits per heavy atom. The normalized spacial score (nSPS) is 30.3. The first-order valence-electron chi connectivity index (χ1n) is 5.85. The predicted octanol–water partition coefficient (Wildman–Crippen LogP) is 1.82. The van der Waals surface area contributed by atoms with Crippen molar-refractivity contribution in [3.8, 4) is 0 Å². The Hall–Kier alpha value is -0.220. The number of aliphatic carboxylic acids is 1. The van der Waals surface area contributed by atoms with Crippen LogP contribution in [0, 0.1) is 0 Å². The van der Waals surface area contributed by atoms with Crippen LogP contribution in [0.3, 0.4) is 0 Å². The fourth-order valence-corrected chi connectivity index (χ4v) is 3.75. The summed E-state index contributed by atoms with van der Waals surface area (Å²) in [6.07, 6.45) is 5.45. The molecule has 1 atom stereocenters. The van der Waals surface area contributed by atoms with E-state index < -0.39 is 5.97 Å². The molecule has 2 aliphatic rings. The molecule has 1 N–H and O–H groups in total. The molecule has 0 saturated carbocycles. The van der Waals surface area contributed by atoms with Crippen molar-refractivity contribution in [1.29, 1.82) is 0 Å². The lowest BCUT2D eigenvalue weighted by molar-refractivity contribution is -0.145. The third-order valence-electron chi connectivity index (χ3n) is 3.49. The number of thioether (sulfide) groups is 1. The molecule has 2 rings (SSSR count). The molecule has 4 heteroatoms. The van der Waals surface area contributed by atoms with Crippen LogP contribution in [0.1, 0.15) is 32.1 Å². The molecule has 2 saturated heterocycles. The molecule has 0 aromatic heterocycles. The van der Waals surface area contributed by atoms with Gasteiger partial charge in [-0.3, -0.25) is 9.69 Å². The number of hydrogen-bond donors (Lipinski definition) is 1. The van der Waals surface area contributed by atoms with Crippen molar-refractivity contribution >= 4 is 17.7 Å². The van der Waals surface area contributed by atoms with Gasteiger partial charge in [0.15, 0.2) is 0 Å². The first-order chi connectivity index (χ1) is 7.29. The van der Waals surface area contributed by atoms with E-state index in [1.165, 1.54) is 30.8 Å². The standard InChI is InChI=1S/C11H19NO2S/c13-11(14)10-3-1-2-6-12(10)9-4-7-15-8-5-9/h9-10H,1-8H2,(H,13,14). The van der Waals surface area contributed by atoms with Crippen molar-refractivity contribution in [2.24, 2.45) is 0 Å². The predicted molar refractivity (Wildman–Crippen MR) is 62.3 cm³/mol. The minimum absolute atomic E-state index is 0.202. The molecular weight excluding hydrogens is 210 g/mol. The number of nitrogens with zero attached hydrogens (tertiary/aromatic N) is 1. The second-order valence-electron chi connectivity index (χ2n) is 4.43. The van der Waals surface area contributed by atoms with Gasteiger partial charge < -0.3 is 5.11 Å². The largest absolute Gasteiger partial charge is 0.480 e. The highest BCUT2D eigenvalue weighted by atomic mass is 32.2. The van der Waals surface area contributed by atoms with Crippen molar-refractivity contribution in [1.82, 2.24) is 4.90 Å². The summed E-state index contributed by atoms with van der Waals surface area (Å²) >= 11 is 2.00. The molecule has 86 valence electrons. The Balaban J connectivity index is 1.99. The molecule has 0 aliphatic carbocycles. The van der Waals surface area contributed by atoms with Gasteiger partial charge >= 0.3 is 5.97 Å². The summed E-state index contributed by atoms with van der Waals surface area (Å²) in [5, 5.41) is 9.19. The van der Waals surface area contributed by atoms with Crippen LogP contribution in [0.4, 0.5) is 0 Å². The van der Waals surface area contributed by atoms with Gasteiger partial charge in [-0.1, -0.05) is 6.42 Å². The van der Waals surface area contributed by atoms with E-state index in [0.29, 0.717) is 6.04 Å². The average molecular weight is 229 g/mol. The molecule has 15 heavy (non-hydrogen) atoms. The third-order valence-corrected chi connectivity index (χ3v) is 4.54. The van der Waals surface area contributed by atoms with Crippen molar-refractivity contribution in [2.45, 2.75) is 44.2 Å². The maximum atomic E-state index is 11.2. The van der Waals surface area contributed by atoms with E-state index in [-0.39, 0.29) is 6.04 Å². The lowest BCUT2D eigenvalue weighted by atomic mass is 9.97. The summed E-state index contributed by atoms with van der Waals surface area (Å²) in [6, 6.07) is 0.333. The maximum Gasteiger partial charge on any atom is 0.320 e. The SMILES string of the molecule is O=C(O)C1CCCCN1C1CCSCC1. The summed E-state index contributed by atoms with van der Waals surface area (Å²) in [5.41, 5.74) is 0. The van der Waals surface area contributed by atoms with Crippen LogP contribution in [-0.2, 0) is 4.79 Å². The minimum atomic E-state index is -0.618. The van der Waals surface area contributed by atoms with Gasteiger partial charge in [0.1, 0.15) is 6.04 Å². The molecule has 0 spiro atoms. The second kappa shape index (κ2) is 5.21. The highest BCUT2D eigenvalue weighted by Gasteiger charge is 2.33. The molecule has 3 nitrogen and oxygen atoms in total. The van der Waals surface area contributed by atoms with Gasteiger partial charge in [-0.25, -0.2) is 0 Å². The number of rotatable bonds is 2. The van der Waals surface area contributed by atoms with Gasteiger partial charge in [-0.05, 0) is 43.7 Å². The molecular formula is C11H19NO2S. The van der Waals surface area contributed by atoms with Crippen LogP contribution in [0.5, 0.6) is 0 Å². The number of likely N-dealkylation sites (tertiary alicyclic amines) is 1. The average Bonchev–Trinajstić information content (AvgIpc) is 2.30. The maximum absolute atomic E-state index is 11.2. The number of hydrogen-bond acceptors (Lipinski definition) is 3. The summed E-state index contributed by atoms with van der Waals surface area (Å²) < 4.78 is 0. The van der Waals surface area contributed by atoms with Gasteiger partial charge in [-0.15, -0.1) is 0 Å². The highest BCUT2D eigenvalue weighted by Crippen LogP contribution is 2.27. The van der Waals surface area contributed by atoms with Gasteiger partial charge in [0, 0.05) is 6.04 Å². The van der Waals surface area contributed by atoms with E-state index in [0.717, 1.165) is 19.4 Å². The van der Waals surface area contributed by atoms with Crippen LogP contribution in [0.25, 0.3) is 0 Å². The second-order valence-corrected chi connectivity index (χ2v) is 5.66. The Kier molecular flexibility index (Phi) is 3.92. The molecule has 0 aromatic rings. The lowest BCUT2D eigenvalue weighted by Crippen LogP contribution is -2.51. The Bertz CT molecular complexity index is 229. The van der Waals surface area contributed by atoms with E-state index in [4.69, 9.17) is 0 Å². The van der Waals surface area contributed by atoms with E-state index in [1.807, 2.05) is 11.8 Å². The summed E-state index contributed by atoms with van der Waals surface area (Å²) in [7, 11) is 0. The van der Waals surface area contributed by atoms with Crippen molar-refractivity contribution in [3.05, 3.63) is 0 Å². The van der Waals surface area contributed by atoms with Crippen molar-refractivity contribution in [3.63, 3.8) is 0 Å². The van der Waals surface area contributed by atoms with Crippen molar-refractivity contribution < 1.29 is 9.90 Å². The van der Waals surface area contributed by atoms with E-state index in [1.54, 1.807) is 0 Å². The Morgan fingerprint density at radius 1 is 1.20 bits per heavy atom. The first kappa shape index (κ1) is 11.3. The molecule has 1 unspecified atom stereocenters. The molecule has 0 amide bonds. The topological polar surface area (TPSA) is 40.5 Å². The number of carbonyl (C=O) groups is 1. The van der Waals surface area contributed by atoms with Gasteiger partial charge in [0.25, 0.3) is 0 Å². The quantitative estimate of drug-likeness (QED) is 0.784. The van der Waals surface area contributed by atoms with E-state index >= 15 is 0 Å². The van der Waals surface area contributed by atoms with Gasteiger partial charge in [0.05, 0.1) is 0 Å². The minimum Gasteiger partial charge on any atom is -0.480 e. The zero-order chi connectivity index (χ0) is 10.7. The number of carboxylic acid groups (broad SMARTS) is 1. The third kappa shape index (κ3) is 2.67. The molecule has 0 aromatic carbocycles. The molecule has 0 bridgehead atoms.